The van der Waals surface area contributed by atoms with Crippen LogP contribution in [0.2, 0.25) is 0 Å². The minimum atomic E-state index is -0.847. The molecule has 0 spiro atoms. The summed E-state index contributed by atoms with van der Waals surface area (Å²) in [5, 5.41) is 11.6. The number of carboxylic acid groups (broad SMARTS) is 1. The summed E-state index contributed by atoms with van der Waals surface area (Å²) in [5.74, 6) is -1.31. The lowest BCUT2D eigenvalue weighted by molar-refractivity contribution is -0.143. The molecule has 0 saturated carbocycles. The highest BCUT2D eigenvalue weighted by molar-refractivity contribution is 5.76. The minimum absolute atomic E-state index is 0.241. The van der Waals surface area contributed by atoms with Gasteiger partial charge in [0.05, 0.1) is 12.6 Å². The Morgan fingerprint density at radius 3 is 2.82 bits per heavy atom. The van der Waals surface area contributed by atoms with E-state index >= 15 is 0 Å². The second-order valence-corrected chi connectivity index (χ2v) is 4.25. The van der Waals surface area contributed by atoms with Gasteiger partial charge in [0.1, 0.15) is 0 Å². The van der Waals surface area contributed by atoms with E-state index in [1.807, 2.05) is 0 Å². The highest BCUT2D eigenvalue weighted by Crippen LogP contribution is 2.16. The molecule has 0 aromatic carbocycles. The molecule has 1 aliphatic rings. The molecule has 1 unspecified atom stereocenters. The Bertz CT molecular complexity index is 273. The number of likely N-dealkylation sites (tertiary alicyclic amines) is 1. The quantitative estimate of drug-likeness (QED) is 0.717. The fourth-order valence-electron chi connectivity index (χ4n) is 1.89. The largest absolute Gasteiger partial charge is 0.481 e. The average molecular weight is 246 g/mol. The van der Waals surface area contributed by atoms with E-state index in [9.17, 15) is 14.0 Å². The predicted molar refractivity (Wildman–Crippen MR) is 60.5 cm³/mol. The van der Waals surface area contributed by atoms with Crippen LogP contribution in [0.1, 0.15) is 25.7 Å². The normalized spacial score (nSPS) is 20.1. The number of carbonyl (C=O) groups is 2. The lowest BCUT2D eigenvalue weighted by Gasteiger charge is -2.30. The van der Waals surface area contributed by atoms with Crippen molar-refractivity contribution in [2.75, 3.05) is 26.3 Å². The van der Waals surface area contributed by atoms with Gasteiger partial charge in [-0.25, -0.2) is 4.79 Å². The number of piperidine rings is 1. The average Bonchev–Trinajstić information content (AvgIpc) is 2.34. The van der Waals surface area contributed by atoms with Crippen molar-refractivity contribution in [2.45, 2.75) is 25.7 Å². The number of carbonyl (C=O) groups excluding carboxylic acids is 1. The Morgan fingerprint density at radius 1 is 1.41 bits per heavy atom. The van der Waals surface area contributed by atoms with Gasteiger partial charge in [0, 0.05) is 19.6 Å². The summed E-state index contributed by atoms with van der Waals surface area (Å²) in [6.07, 6.45) is 2.40. The first-order chi connectivity index (χ1) is 8.15. The maximum absolute atomic E-state index is 11.8. The highest BCUT2D eigenvalue weighted by Gasteiger charge is 2.27. The number of amides is 2. The Morgan fingerprint density at radius 2 is 2.18 bits per heavy atom. The molecule has 1 heterocycles. The fourth-order valence-corrected chi connectivity index (χ4v) is 1.89. The molecular weight excluding hydrogens is 227 g/mol. The maximum atomic E-state index is 11.8. The van der Waals surface area contributed by atoms with Gasteiger partial charge in [0.25, 0.3) is 0 Å². The summed E-state index contributed by atoms with van der Waals surface area (Å²) >= 11 is 0. The number of halogens is 1. The van der Waals surface area contributed by atoms with Gasteiger partial charge in [-0.3, -0.25) is 9.18 Å². The van der Waals surface area contributed by atoms with Crippen molar-refractivity contribution in [2.24, 2.45) is 5.92 Å². The molecule has 5 nitrogen and oxygen atoms in total. The van der Waals surface area contributed by atoms with E-state index in [2.05, 4.69) is 5.32 Å². The number of rotatable bonds is 5. The number of nitrogens with one attached hydrogen (secondary N) is 1. The molecule has 1 atom stereocenters. The smallest absolute Gasteiger partial charge is 0.317 e. The Labute approximate surface area is 100.0 Å². The van der Waals surface area contributed by atoms with Crippen molar-refractivity contribution in [1.82, 2.24) is 10.2 Å². The topological polar surface area (TPSA) is 69.6 Å². The van der Waals surface area contributed by atoms with Crippen LogP contribution in [-0.4, -0.2) is 48.3 Å². The van der Waals surface area contributed by atoms with Crippen LogP contribution < -0.4 is 5.32 Å². The van der Waals surface area contributed by atoms with Gasteiger partial charge in [0.15, 0.2) is 0 Å². The zero-order valence-corrected chi connectivity index (χ0v) is 9.82. The van der Waals surface area contributed by atoms with Gasteiger partial charge in [-0.15, -0.1) is 0 Å². The van der Waals surface area contributed by atoms with E-state index in [1.54, 1.807) is 0 Å². The molecule has 0 bridgehead atoms. The molecule has 0 aromatic rings. The van der Waals surface area contributed by atoms with Crippen LogP contribution >= 0.6 is 0 Å². The summed E-state index contributed by atoms with van der Waals surface area (Å²) < 4.78 is 11.8. The third-order valence-electron chi connectivity index (χ3n) is 2.89. The van der Waals surface area contributed by atoms with Crippen LogP contribution in [0.4, 0.5) is 9.18 Å². The summed E-state index contributed by atoms with van der Waals surface area (Å²) in [6, 6.07) is -0.241. The summed E-state index contributed by atoms with van der Waals surface area (Å²) in [4.78, 5) is 24.0. The lowest BCUT2D eigenvalue weighted by atomic mass is 9.99. The summed E-state index contributed by atoms with van der Waals surface area (Å²) in [6.45, 7) is 0.931. The second-order valence-electron chi connectivity index (χ2n) is 4.25. The van der Waals surface area contributed by atoms with E-state index in [0.717, 1.165) is 6.42 Å². The molecule has 1 aliphatic heterocycles. The van der Waals surface area contributed by atoms with E-state index in [4.69, 9.17) is 5.11 Å². The summed E-state index contributed by atoms with van der Waals surface area (Å²) in [5.41, 5.74) is 0. The van der Waals surface area contributed by atoms with E-state index < -0.39 is 11.9 Å². The van der Waals surface area contributed by atoms with Gasteiger partial charge in [-0.05, 0) is 25.7 Å². The molecule has 1 saturated heterocycles. The van der Waals surface area contributed by atoms with Crippen LogP contribution in [0.25, 0.3) is 0 Å². The van der Waals surface area contributed by atoms with Gasteiger partial charge in [-0.2, -0.15) is 0 Å². The first-order valence-corrected chi connectivity index (χ1v) is 5.96. The molecule has 2 N–H and O–H groups in total. The fraction of sp³-hybridized carbons (Fsp3) is 0.818. The first-order valence-electron chi connectivity index (χ1n) is 5.96. The number of hydrogen-bond acceptors (Lipinski definition) is 2. The molecule has 2 amide bonds. The molecule has 98 valence electrons. The second kappa shape index (κ2) is 7.09. The van der Waals surface area contributed by atoms with Crippen LogP contribution in [0.15, 0.2) is 0 Å². The lowest BCUT2D eigenvalue weighted by Crippen LogP contribution is -2.47. The third kappa shape index (κ3) is 4.58. The Kier molecular flexibility index (Phi) is 5.72. The van der Waals surface area contributed by atoms with Crippen LogP contribution in [0.3, 0.4) is 0 Å². The number of nitrogens with zero attached hydrogens (tertiary/aromatic N) is 1. The van der Waals surface area contributed by atoms with Gasteiger partial charge < -0.3 is 15.3 Å². The van der Waals surface area contributed by atoms with Crippen LogP contribution in [-0.2, 0) is 4.79 Å². The monoisotopic (exact) mass is 246 g/mol. The number of urea groups is 1. The predicted octanol–water partition coefficient (Wildman–Crippen LogP) is 1.24. The van der Waals surface area contributed by atoms with Crippen molar-refractivity contribution in [3.05, 3.63) is 0 Å². The van der Waals surface area contributed by atoms with E-state index in [-0.39, 0.29) is 19.3 Å². The summed E-state index contributed by atoms with van der Waals surface area (Å²) in [7, 11) is 0. The molecular formula is C11H19FN2O3. The molecule has 1 fully saturated rings. The number of alkyl halides is 1. The molecule has 0 radical (unpaired) electrons. The van der Waals surface area contributed by atoms with E-state index in [0.29, 0.717) is 32.4 Å². The van der Waals surface area contributed by atoms with Gasteiger partial charge in [0.2, 0.25) is 0 Å². The molecule has 17 heavy (non-hydrogen) atoms. The van der Waals surface area contributed by atoms with Crippen molar-refractivity contribution < 1.29 is 19.1 Å². The number of carboxylic acids is 1. The van der Waals surface area contributed by atoms with Crippen LogP contribution in [0.5, 0.6) is 0 Å². The number of aliphatic carboxylic acids is 1. The highest BCUT2D eigenvalue weighted by atomic mass is 19.1. The third-order valence-corrected chi connectivity index (χ3v) is 2.89. The Hall–Kier alpha value is -1.33. The zero-order chi connectivity index (χ0) is 12.7. The SMILES string of the molecule is O=C(O)C1CCCN(C(=O)NCCCCF)C1. The van der Waals surface area contributed by atoms with Gasteiger partial charge >= 0.3 is 12.0 Å². The van der Waals surface area contributed by atoms with Crippen molar-refractivity contribution in [1.29, 1.82) is 0 Å². The van der Waals surface area contributed by atoms with E-state index in [1.165, 1.54) is 4.90 Å². The number of hydrogen-bond donors (Lipinski definition) is 2. The molecule has 1 rings (SSSR count). The first kappa shape index (κ1) is 13.7. The van der Waals surface area contributed by atoms with Crippen molar-refractivity contribution in [3.8, 4) is 0 Å². The molecule has 0 aliphatic carbocycles. The van der Waals surface area contributed by atoms with Gasteiger partial charge in [-0.1, -0.05) is 0 Å². The van der Waals surface area contributed by atoms with Crippen molar-refractivity contribution in [3.63, 3.8) is 0 Å². The maximum Gasteiger partial charge on any atom is 0.317 e. The van der Waals surface area contributed by atoms with Crippen LogP contribution in [0, 0.1) is 5.92 Å². The molecule has 6 heteroatoms. The zero-order valence-electron chi connectivity index (χ0n) is 9.82. The molecule has 0 aromatic heterocycles. The standard InChI is InChI=1S/C11H19FN2O3/c12-5-1-2-6-13-11(17)14-7-3-4-9(8-14)10(15)16/h9H,1-8H2,(H,13,17)(H,15,16). The Balaban J connectivity index is 2.28. The van der Waals surface area contributed by atoms with Crippen molar-refractivity contribution >= 4 is 12.0 Å². The number of unbranched alkanes of at least 4 members (excludes halogenated alkanes) is 1. The minimum Gasteiger partial charge on any atom is -0.481 e.